The third-order valence-electron chi connectivity index (χ3n) is 4.93. The predicted octanol–water partition coefficient (Wildman–Crippen LogP) is 1.08. The van der Waals surface area contributed by atoms with Crippen LogP contribution in [-0.4, -0.2) is 68.2 Å². The molecule has 0 saturated carbocycles. The number of likely N-dealkylation sites (N-methyl/N-ethyl adjacent to an activating group) is 1. The third kappa shape index (κ3) is 3.08. The maximum atomic E-state index is 13.0. The number of hydrogen-bond acceptors (Lipinski definition) is 4. The number of H-pyrrole nitrogens is 1. The molecule has 3 heterocycles. The van der Waals surface area contributed by atoms with E-state index >= 15 is 0 Å². The standard InChI is InChI=1S/C19H21N5O3/c1-22(8-9-25)18(26)14-11-20-24-7-6-23(12-17(14)24)19(27)16-10-13-4-2-3-5-15(13)21-16/h2-5,10-11,21,25H,6-9,12H2,1H3. The summed E-state index contributed by atoms with van der Waals surface area (Å²) in [6.45, 7) is 1.54. The summed E-state index contributed by atoms with van der Waals surface area (Å²) in [5.41, 5.74) is 2.65. The lowest BCUT2D eigenvalue weighted by molar-refractivity contribution is 0.0689. The summed E-state index contributed by atoms with van der Waals surface area (Å²) in [6, 6.07) is 9.61. The van der Waals surface area contributed by atoms with Gasteiger partial charge in [0, 0.05) is 31.0 Å². The van der Waals surface area contributed by atoms with E-state index in [4.69, 9.17) is 5.11 Å². The highest BCUT2D eigenvalue weighted by Gasteiger charge is 2.28. The summed E-state index contributed by atoms with van der Waals surface area (Å²) in [5, 5.41) is 14.3. The highest BCUT2D eigenvalue weighted by molar-refractivity contribution is 5.98. The number of carbonyl (C=O) groups excluding carboxylic acids is 2. The van der Waals surface area contributed by atoms with Gasteiger partial charge in [0.05, 0.1) is 37.2 Å². The van der Waals surface area contributed by atoms with Crippen LogP contribution in [0.4, 0.5) is 0 Å². The SMILES string of the molecule is CN(CCO)C(=O)c1cnn2c1CN(C(=O)c1cc3ccccc3[nH]1)CC2. The molecular formula is C19H21N5O3. The molecule has 1 aliphatic heterocycles. The van der Waals surface area contributed by atoms with Gasteiger partial charge in [0.25, 0.3) is 11.8 Å². The van der Waals surface area contributed by atoms with Crippen LogP contribution in [0.2, 0.25) is 0 Å². The summed E-state index contributed by atoms with van der Waals surface area (Å²) in [4.78, 5) is 31.9. The molecule has 4 rings (SSSR count). The Morgan fingerprint density at radius 2 is 2.11 bits per heavy atom. The van der Waals surface area contributed by atoms with Gasteiger partial charge in [-0.1, -0.05) is 18.2 Å². The summed E-state index contributed by atoms with van der Waals surface area (Å²) in [5.74, 6) is -0.300. The van der Waals surface area contributed by atoms with Gasteiger partial charge >= 0.3 is 0 Å². The largest absolute Gasteiger partial charge is 0.395 e. The Morgan fingerprint density at radius 1 is 1.30 bits per heavy atom. The van der Waals surface area contributed by atoms with Crippen molar-refractivity contribution in [2.24, 2.45) is 0 Å². The number of aromatic nitrogens is 3. The number of aliphatic hydroxyl groups is 1. The molecule has 1 aromatic carbocycles. The van der Waals surface area contributed by atoms with Gasteiger partial charge in [0.1, 0.15) is 5.69 Å². The molecule has 0 aliphatic carbocycles. The molecule has 0 radical (unpaired) electrons. The van der Waals surface area contributed by atoms with Crippen molar-refractivity contribution in [1.82, 2.24) is 24.6 Å². The van der Waals surface area contributed by atoms with Crippen LogP contribution >= 0.6 is 0 Å². The van der Waals surface area contributed by atoms with Gasteiger partial charge in [-0.25, -0.2) is 0 Å². The topological polar surface area (TPSA) is 94.5 Å². The average molecular weight is 367 g/mol. The zero-order chi connectivity index (χ0) is 19.0. The predicted molar refractivity (Wildman–Crippen MR) is 99.3 cm³/mol. The molecular weight excluding hydrogens is 346 g/mol. The van der Waals surface area contributed by atoms with Crippen molar-refractivity contribution in [2.45, 2.75) is 13.1 Å². The van der Waals surface area contributed by atoms with E-state index in [9.17, 15) is 9.59 Å². The molecule has 8 nitrogen and oxygen atoms in total. The van der Waals surface area contributed by atoms with Crippen LogP contribution in [0.3, 0.4) is 0 Å². The molecule has 0 spiro atoms. The molecule has 0 fully saturated rings. The van der Waals surface area contributed by atoms with E-state index in [0.717, 1.165) is 16.6 Å². The molecule has 0 unspecified atom stereocenters. The van der Waals surface area contributed by atoms with Crippen LogP contribution in [0.1, 0.15) is 26.5 Å². The maximum Gasteiger partial charge on any atom is 0.270 e. The molecule has 2 amide bonds. The van der Waals surface area contributed by atoms with E-state index in [1.54, 1.807) is 22.8 Å². The van der Waals surface area contributed by atoms with Gasteiger partial charge in [0.2, 0.25) is 0 Å². The Kier molecular flexibility index (Phi) is 4.41. The number of fused-ring (bicyclic) bond motifs is 2. The van der Waals surface area contributed by atoms with Crippen LogP contribution in [0, 0.1) is 0 Å². The Morgan fingerprint density at radius 3 is 2.89 bits per heavy atom. The fourth-order valence-corrected chi connectivity index (χ4v) is 3.41. The van der Waals surface area contributed by atoms with Crippen molar-refractivity contribution < 1.29 is 14.7 Å². The summed E-state index contributed by atoms with van der Waals surface area (Å²) < 4.78 is 1.77. The van der Waals surface area contributed by atoms with E-state index in [2.05, 4.69) is 10.1 Å². The number of carbonyl (C=O) groups is 2. The van der Waals surface area contributed by atoms with Gasteiger partial charge in [-0.05, 0) is 12.1 Å². The number of nitrogens with one attached hydrogen (secondary N) is 1. The number of para-hydroxylation sites is 1. The highest BCUT2D eigenvalue weighted by Crippen LogP contribution is 2.21. The maximum absolute atomic E-state index is 13.0. The fraction of sp³-hybridized carbons (Fsp3) is 0.316. The van der Waals surface area contributed by atoms with E-state index in [1.165, 1.54) is 4.90 Å². The van der Waals surface area contributed by atoms with Crippen molar-refractivity contribution in [3.05, 3.63) is 53.5 Å². The van der Waals surface area contributed by atoms with Crippen molar-refractivity contribution in [1.29, 1.82) is 0 Å². The van der Waals surface area contributed by atoms with Gasteiger partial charge < -0.3 is 19.9 Å². The number of nitrogens with zero attached hydrogens (tertiary/aromatic N) is 4. The van der Waals surface area contributed by atoms with Crippen molar-refractivity contribution in [2.75, 3.05) is 26.7 Å². The second kappa shape index (κ2) is 6.88. The minimum absolute atomic E-state index is 0.0965. The van der Waals surface area contributed by atoms with Crippen molar-refractivity contribution in [3.8, 4) is 0 Å². The van der Waals surface area contributed by atoms with Crippen LogP contribution < -0.4 is 0 Å². The Hall–Kier alpha value is -3.13. The molecule has 0 saturated heterocycles. The van der Waals surface area contributed by atoms with Crippen LogP contribution in [-0.2, 0) is 13.1 Å². The first-order valence-electron chi connectivity index (χ1n) is 8.86. The second-order valence-electron chi connectivity index (χ2n) is 6.68. The van der Waals surface area contributed by atoms with Gasteiger partial charge in [0.15, 0.2) is 0 Å². The summed E-state index contributed by atoms with van der Waals surface area (Å²) >= 11 is 0. The molecule has 3 aromatic rings. The number of hydrogen-bond donors (Lipinski definition) is 2. The average Bonchev–Trinajstić information content (AvgIpc) is 3.30. The van der Waals surface area contributed by atoms with E-state index in [1.807, 2.05) is 30.3 Å². The number of rotatable bonds is 4. The lowest BCUT2D eigenvalue weighted by Crippen LogP contribution is -2.39. The second-order valence-corrected chi connectivity index (χ2v) is 6.68. The molecule has 8 heteroatoms. The molecule has 2 aromatic heterocycles. The minimum Gasteiger partial charge on any atom is -0.395 e. The molecule has 27 heavy (non-hydrogen) atoms. The minimum atomic E-state index is -0.204. The fourth-order valence-electron chi connectivity index (χ4n) is 3.41. The third-order valence-corrected chi connectivity index (χ3v) is 4.93. The molecule has 1 aliphatic rings. The first-order valence-corrected chi connectivity index (χ1v) is 8.86. The zero-order valence-corrected chi connectivity index (χ0v) is 15.1. The lowest BCUT2D eigenvalue weighted by atomic mass is 10.1. The number of amides is 2. The Balaban J connectivity index is 1.58. The number of benzene rings is 1. The quantitative estimate of drug-likeness (QED) is 0.722. The molecule has 0 bridgehead atoms. The normalized spacial score (nSPS) is 13.6. The molecule has 140 valence electrons. The zero-order valence-electron chi connectivity index (χ0n) is 15.1. The number of aromatic amines is 1. The van der Waals surface area contributed by atoms with Crippen molar-refractivity contribution >= 4 is 22.7 Å². The van der Waals surface area contributed by atoms with Gasteiger partial charge in [-0.15, -0.1) is 0 Å². The van der Waals surface area contributed by atoms with E-state index < -0.39 is 0 Å². The smallest absolute Gasteiger partial charge is 0.270 e. The van der Waals surface area contributed by atoms with Crippen LogP contribution in [0.5, 0.6) is 0 Å². The van der Waals surface area contributed by atoms with Crippen LogP contribution in [0.25, 0.3) is 10.9 Å². The summed E-state index contributed by atoms with van der Waals surface area (Å²) in [7, 11) is 1.64. The molecule has 0 atom stereocenters. The van der Waals surface area contributed by atoms with Gasteiger partial charge in [-0.2, -0.15) is 5.10 Å². The van der Waals surface area contributed by atoms with Crippen molar-refractivity contribution in [3.63, 3.8) is 0 Å². The Labute approximate surface area is 156 Å². The van der Waals surface area contributed by atoms with Gasteiger partial charge in [-0.3, -0.25) is 14.3 Å². The summed E-state index contributed by atoms with van der Waals surface area (Å²) in [6.07, 6.45) is 1.54. The monoisotopic (exact) mass is 367 g/mol. The first kappa shape index (κ1) is 17.3. The Bertz CT molecular complexity index is 973. The lowest BCUT2D eigenvalue weighted by Gasteiger charge is -2.28. The number of aliphatic hydroxyl groups excluding tert-OH is 1. The van der Waals surface area contributed by atoms with Crippen LogP contribution in [0.15, 0.2) is 36.5 Å². The van der Waals surface area contributed by atoms with E-state index in [-0.39, 0.29) is 25.0 Å². The first-order chi connectivity index (χ1) is 13.1. The highest BCUT2D eigenvalue weighted by atomic mass is 16.3. The molecule has 2 N–H and O–H groups in total. The van der Waals surface area contributed by atoms with E-state index in [0.29, 0.717) is 30.9 Å².